The van der Waals surface area contributed by atoms with Crippen molar-refractivity contribution in [3.63, 3.8) is 0 Å². The largest absolute Gasteiger partial charge is 0.493 e. The quantitative estimate of drug-likeness (QED) is 0.794. The first-order valence-corrected chi connectivity index (χ1v) is 7.30. The molecule has 4 heteroatoms. The highest BCUT2D eigenvalue weighted by Gasteiger charge is 2.04. The van der Waals surface area contributed by atoms with Crippen LogP contribution in [0, 0.1) is 12.7 Å². The summed E-state index contributed by atoms with van der Waals surface area (Å²) in [4.78, 5) is 0. The lowest BCUT2D eigenvalue weighted by molar-refractivity contribution is 0.354. The fraction of sp³-hybridized carbons (Fsp3) is 0.333. The van der Waals surface area contributed by atoms with Gasteiger partial charge in [0.1, 0.15) is 5.82 Å². The highest BCUT2D eigenvalue weighted by molar-refractivity contribution is 5.42. The van der Waals surface area contributed by atoms with Crippen LogP contribution in [0.25, 0.3) is 0 Å². The number of ether oxygens (including phenoxy) is 2. The third kappa shape index (κ3) is 4.21. The van der Waals surface area contributed by atoms with E-state index in [0.717, 1.165) is 30.0 Å². The standard InChI is InChI=1S/C18H22FNO2/c1-13-4-5-15(10-16(13)19)12-20-9-8-14-6-7-17(21-2)18(11-14)22-3/h4-7,10-11,20H,8-9,12H2,1-3H3. The Balaban J connectivity index is 1.84. The van der Waals surface area contributed by atoms with Crippen molar-refractivity contribution in [2.45, 2.75) is 19.9 Å². The van der Waals surface area contributed by atoms with E-state index < -0.39 is 0 Å². The van der Waals surface area contributed by atoms with E-state index in [0.29, 0.717) is 12.1 Å². The van der Waals surface area contributed by atoms with E-state index in [1.165, 1.54) is 5.56 Å². The molecule has 2 aromatic carbocycles. The van der Waals surface area contributed by atoms with Gasteiger partial charge in [-0.15, -0.1) is 0 Å². The first kappa shape index (κ1) is 16.3. The first-order valence-electron chi connectivity index (χ1n) is 7.30. The lowest BCUT2D eigenvalue weighted by Crippen LogP contribution is -2.16. The van der Waals surface area contributed by atoms with Gasteiger partial charge in [-0.3, -0.25) is 0 Å². The average Bonchev–Trinajstić information content (AvgIpc) is 2.54. The molecule has 0 bridgehead atoms. The third-order valence-electron chi connectivity index (χ3n) is 3.60. The number of hydrogen-bond acceptors (Lipinski definition) is 3. The molecule has 0 saturated carbocycles. The van der Waals surface area contributed by atoms with Crippen LogP contribution >= 0.6 is 0 Å². The van der Waals surface area contributed by atoms with Crippen molar-refractivity contribution in [3.8, 4) is 11.5 Å². The molecule has 118 valence electrons. The second-order valence-corrected chi connectivity index (χ2v) is 5.20. The van der Waals surface area contributed by atoms with Crippen molar-refractivity contribution in [2.24, 2.45) is 0 Å². The zero-order chi connectivity index (χ0) is 15.9. The first-order chi connectivity index (χ1) is 10.6. The lowest BCUT2D eigenvalue weighted by Gasteiger charge is -2.10. The monoisotopic (exact) mass is 303 g/mol. The summed E-state index contributed by atoms with van der Waals surface area (Å²) in [5.74, 6) is 1.31. The molecule has 22 heavy (non-hydrogen) atoms. The Morgan fingerprint density at radius 1 is 0.955 bits per heavy atom. The molecular formula is C18H22FNO2. The van der Waals surface area contributed by atoms with Crippen LogP contribution in [0.1, 0.15) is 16.7 Å². The molecule has 0 amide bonds. The van der Waals surface area contributed by atoms with Gasteiger partial charge in [0.15, 0.2) is 11.5 Å². The Hall–Kier alpha value is -2.07. The Labute approximate surface area is 131 Å². The summed E-state index contributed by atoms with van der Waals surface area (Å²) < 4.78 is 24.0. The average molecular weight is 303 g/mol. The second-order valence-electron chi connectivity index (χ2n) is 5.20. The second kappa shape index (κ2) is 7.80. The SMILES string of the molecule is COc1ccc(CCNCc2ccc(C)c(F)c2)cc1OC. The summed E-state index contributed by atoms with van der Waals surface area (Å²) >= 11 is 0. The molecule has 0 aliphatic carbocycles. The predicted octanol–water partition coefficient (Wildman–Crippen LogP) is 3.48. The van der Waals surface area contributed by atoms with Gasteiger partial charge < -0.3 is 14.8 Å². The Bertz CT molecular complexity index is 628. The van der Waals surface area contributed by atoms with Crippen molar-refractivity contribution >= 4 is 0 Å². The maximum atomic E-state index is 13.5. The number of hydrogen-bond donors (Lipinski definition) is 1. The molecule has 2 aromatic rings. The van der Waals surface area contributed by atoms with Gasteiger partial charge in [0, 0.05) is 6.54 Å². The third-order valence-corrected chi connectivity index (χ3v) is 3.60. The zero-order valence-electron chi connectivity index (χ0n) is 13.3. The summed E-state index contributed by atoms with van der Waals surface area (Å²) in [6, 6.07) is 11.2. The van der Waals surface area contributed by atoms with E-state index in [1.807, 2.05) is 24.3 Å². The molecule has 2 rings (SSSR count). The molecule has 0 fully saturated rings. The van der Waals surface area contributed by atoms with Crippen LogP contribution in [0.3, 0.4) is 0 Å². The minimum absolute atomic E-state index is 0.154. The van der Waals surface area contributed by atoms with Crippen LogP contribution < -0.4 is 14.8 Å². The predicted molar refractivity (Wildman–Crippen MR) is 86.1 cm³/mol. The van der Waals surface area contributed by atoms with Crippen LogP contribution in [-0.4, -0.2) is 20.8 Å². The van der Waals surface area contributed by atoms with Gasteiger partial charge >= 0.3 is 0 Å². The van der Waals surface area contributed by atoms with E-state index in [-0.39, 0.29) is 5.82 Å². The van der Waals surface area contributed by atoms with E-state index in [1.54, 1.807) is 33.3 Å². The molecule has 3 nitrogen and oxygen atoms in total. The van der Waals surface area contributed by atoms with Gasteiger partial charge in [-0.1, -0.05) is 18.2 Å². The number of nitrogens with one attached hydrogen (secondary N) is 1. The van der Waals surface area contributed by atoms with Crippen molar-refractivity contribution in [1.29, 1.82) is 0 Å². The molecule has 0 atom stereocenters. The van der Waals surface area contributed by atoms with Crippen molar-refractivity contribution in [3.05, 3.63) is 58.9 Å². The summed E-state index contributed by atoms with van der Waals surface area (Å²) in [5.41, 5.74) is 2.80. The van der Waals surface area contributed by atoms with E-state index in [4.69, 9.17) is 9.47 Å². The van der Waals surface area contributed by atoms with Gasteiger partial charge in [-0.05, 0) is 54.8 Å². The minimum atomic E-state index is -0.154. The topological polar surface area (TPSA) is 30.5 Å². The lowest BCUT2D eigenvalue weighted by atomic mass is 10.1. The minimum Gasteiger partial charge on any atom is -0.493 e. The fourth-order valence-corrected chi connectivity index (χ4v) is 2.25. The molecule has 0 aromatic heterocycles. The number of halogens is 1. The highest BCUT2D eigenvalue weighted by atomic mass is 19.1. The van der Waals surface area contributed by atoms with Gasteiger partial charge in [-0.25, -0.2) is 4.39 Å². The van der Waals surface area contributed by atoms with Gasteiger partial charge in [0.05, 0.1) is 14.2 Å². The summed E-state index contributed by atoms with van der Waals surface area (Å²) in [6.07, 6.45) is 0.870. The normalized spacial score (nSPS) is 10.5. The smallest absolute Gasteiger partial charge is 0.160 e. The Morgan fingerprint density at radius 2 is 1.68 bits per heavy atom. The molecule has 0 aliphatic rings. The molecule has 1 N–H and O–H groups in total. The van der Waals surface area contributed by atoms with E-state index >= 15 is 0 Å². The molecule has 0 radical (unpaired) electrons. The van der Waals surface area contributed by atoms with Crippen molar-refractivity contribution < 1.29 is 13.9 Å². The van der Waals surface area contributed by atoms with Gasteiger partial charge in [0.2, 0.25) is 0 Å². The van der Waals surface area contributed by atoms with Crippen LogP contribution in [0.5, 0.6) is 11.5 Å². The van der Waals surface area contributed by atoms with Crippen molar-refractivity contribution in [1.82, 2.24) is 5.32 Å². The zero-order valence-corrected chi connectivity index (χ0v) is 13.3. The molecule has 0 spiro atoms. The van der Waals surface area contributed by atoms with Crippen LogP contribution in [0.4, 0.5) is 4.39 Å². The number of methoxy groups -OCH3 is 2. The van der Waals surface area contributed by atoms with Gasteiger partial charge in [0.25, 0.3) is 0 Å². The van der Waals surface area contributed by atoms with Gasteiger partial charge in [-0.2, -0.15) is 0 Å². The summed E-state index contributed by atoms with van der Waals surface area (Å²) in [7, 11) is 3.26. The van der Waals surface area contributed by atoms with Crippen LogP contribution in [0.2, 0.25) is 0 Å². The summed E-state index contributed by atoms with van der Waals surface area (Å²) in [6.45, 7) is 3.24. The molecule has 0 saturated heterocycles. The van der Waals surface area contributed by atoms with Crippen LogP contribution in [-0.2, 0) is 13.0 Å². The maximum absolute atomic E-state index is 13.5. The van der Waals surface area contributed by atoms with Crippen molar-refractivity contribution in [2.75, 3.05) is 20.8 Å². The Kier molecular flexibility index (Phi) is 5.78. The molecule has 0 aliphatic heterocycles. The number of aryl methyl sites for hydroxylation is 1. The number of rotatable bonds is 7. The maximum Gasteiger partial charge on any atom is 0.160 e. The summed E-state index contributed by atoms with van der Waals surface area (Å²) in [5, 5.41) is 3.32. The van der Waals surface area contributed by atoms with E-state index in [9.17, 15) is 4.39 Å². The number of benzene rings is 2. The fourth-order valence-electron chi connectivity index (χ4n) is 2.25. The van der Waals surface area contributed by atoms with Crippen LogP contribution in [0.15, 0.2) is 36.4 Å². The van der Waals surface area contributed by atoms with E-state index in [2.05, 4.69) is 5.32 Å². The molecule has 0 heterocycles. The molecule has 0 unspecified atom stereocenters. The molecular weight excluding hydrogens is 281 g/mol. The Morgan fingerprint density at radius 3 is 2.36 bits per heavy atom. The highest BCUT2D eigenvalue weighted by Crippen LogP contribution is 2.27.